The van der Waals surface area contributed by atoms with E-state index in [4.69, 9.17) is 4.74 Å². The Labute approximate surface area is 129 Å². The lowest BCUT2D eigenvalue weighted by atomic mass is 10.0. The predicted molar refractivity (Wildman–Crippen MR) is 80.8 cm³/mol. The molecule has 0 unspecified atom stereocenters. The zero-order valence-corrected chi connectivity index (χ0v) is 12.8. The average Bonchev–Trinajstić information content (AvgIpc) is 2.47. The number of aliphatic carboxylic acids is 1. The molecule has 0 spiro atoms. The van der Waals surface area contributed by atoms with E-state index >= 15 is 0 Å². The van der Waals surface area contributed by atoms with Gasteiger partial charge in [-0.15, -0.1) is 0 Å². The smallest absolute Gasteiger partial charge is 0.208 e. The lowest BCUT2D eigenvalue weighted by molar-refractivity contribution is -0.296. The number of hydrogen-bond acceptors (Lipinski definition) is 4. The highest BCUT2D eigenvalue weighted by Crippen LogP contribution is 2.26. The van der Waals surface area contributed by atoms with Gasteiger partial charge in [0.25, 0.3) is 0 Å². The van der Waals surface area contributed by atoms with E-state index in [0.29, 0.717) is 12.4 Å². The van der Waals surface area contributed by atoms with Gasteiger partial charge in [-0.25, -0.2) is 0 Å². The highest BCUT2D eigenvalue weighted by atomic mass is 16.5. The van der Waals surface area contributed by atoms with E-state index in [2.05, 4.69) is 0 Å². The van der Waals surface area contributed by atoms with Gasteiger partial charge in [-0.3, -0.25) is 4.79 Å². The summed E-state index contributed by atoms with van der Waals surface area (Å²) in [6, 6.07) is 11.0. The Morgan fingerprint density at radius 1 is 1.00 bits per heavy atom. The molecule has 0 saturated carbocycles. The third-order valence-electron chi connectivity index (χ3n) is 3.41. The number of ketones is 1. The second kappa shape index (κ2) is 6.43. The summed E-state index contributed by atoms with van der Waals surface area (Å²) < 4.78 is 5.81. The minimum Gasteiger partial charge on any atom is -0.541 e. The first-order valence-electron chi connectivity index (χ1n) is 6.93. The maximum atomic E-state index is 11.5. The number of rotatable bonds is 5. The highest BCUT2D eigenvalue weighted by molar-refractivity contribution is 6.39. The van der Waals surface area contributed by atoms with Crippen molar-refractivity contribution in [2.45, 2.75) is 27.4 Å². The fourth-order valence-corrected chi connectivity index (χ4v) is 2.27. The van der Waals surface area contributed by atoms with Crippen molar-refractivity contribution in [1.82, 2.24) is 0 Å². The molecular formula is C18H17O4-. The first-order chi connectivity index (χ1) is 10.4. The molecule has 114 valence electrons. The van der Waals surface area contributed by atoms with Crippen LogP contribution >= 0.6 is 0 Å². The van der Waals surface area contributed by atoms with Gasteiger partial charge in [0.2, 0.25) is 5.78 Å². The molecule has 0 heterocycles. The topological polar surface area (TPSA) is 66.4 Å². The van der Waals surface area contributed by atoms with Crippen LogP contribution in [0.5, 0.6) is 5.75 Å². The van der Waals surface area contributed by atoms with Gasteiger partial charge in [0, 0.05) is 5.56 Å². The van der Waals surface area contributed by atoms with Gasteiger partial charge in [-0.05, 0) is 49.6 Å². The number of aryl methyl sites for hydroxylation is 3. The third-order valence-corrected chi connectivity index (χ3v) is 3.41. The molecule has 0 saturated heterocycles. The number of carboxylic acid groups (broad SMARTS) is 1. The maximum absolute atomic E-state index is 11.5. The van der Waals surface area contributed by atoms with Gasteiger partial charge in [0.1, 0.15) is 18.3 Å². The Morgan fingerprint density at radius 2 is 1.55 bits per heavy atom. The molecule has 4 nitrogen and oxygen atoms in total. The van der Waals surface area contributed by atoms with Crippen LogP contribution in [0.3, 0.4) is 0 Å². The fraction of sp³-hybridized carbons (Fsp3) is 0.222. The van der Waals surface area contributed by atoms with Crippen molar-refractivity contribution in [3.8, 4) is 5.75 Å². The van der Waals surface area contributed by atoms with E-state index in [9.17, 15) is 14.7 Å². The lowest BCUT2D eigenvalue weighted by Crippen LogP contribution is -2.31. The number of carbonyl (C=O) groups is 2. The molecule has 2 aromatic carbocycles. The Hall–Kier alpha value is -2.62. The Kier molecular flexibility index (Phi) is 4.61. The molecule has 4 heteroatoms. The molecule has 0 aliphatic rings. The number of carboxylic acids is 1. The Bertz CT molecular complexity index is 691. The minimum absolute atomic E-state index is 0.109. The average molecular weight is 297 g/mol. The van der Waals surface area contributed by atoms with Crippen LogP contribution in [0.1, 0.15) is 32.6 Å². The molecule has 0 aliphatic carbocycles. The molecule has 0 bridgehead atoms. The van der Waals surface area contributed by atoms with Crippen molar-refractivity contribution in [3.05, 3.63) is 64.2 Å². The predicted octanol–water partition coefficient (Wildman–Crippen LogP) is 2.12. The Morgan fingerprint density at radius 3 is 2.05 bits per heavy atom. The summed E-state index contributed by atoms with van der Waals surface area (Å²) in [5.74, 6) is -2.06. The van der Waals surface area contributed by atoms with Crippen molar-refractivity contribution >= 4 is 11.8 Å². The van der Waals surface area contributed by atoms with Crippen molar-refractivity contribution in [2.75, 3.05) is 0 Å². The fourth-order valence-electron chi connectivity index (χ4n) is 2.27. The Balaban J connectivity index is 2.19. The number of benzene rings is 2. The second-order valence-electron chi connectivity index (χ2n) is 5.33. The molecule has 0 N–H and O–H groups in total. The van der Waals surface area contributed by atoms with E-state index in [1.54, 1.807) is 13.8 Å². The second-order valence-corrected chi connectivity index (χ2v) is 5.33. The summed E-state index contributed by atoms with van der Waals surface area (Å²) in [7, 11) is 0. The van der Waals surface area contributed by atoms with Gasteiger partial charge in [0.05, 0.1) is 0 Å². The van der Waals surface area contributed by atoms with Crippen LogP contribution in [0.4, 0.5) is 0 Å². The van der Waals surface area contributed by atoms with Crippen LogP contribution in [0.15, 0.2) is 36.4 Å². The van der Waals surface area contributed by atoms with E-state index in [1.807, 2.05) is 31.2 Å². The number of ether oxygens (including phenoxy) is 1. The SMILES string of the molecule is Cc1ccc(COc2c(C)cc(C(=O)C(=O)[O-])cc2C)cc1. The van der Waals surface area contributed by atoms with Gasteiger partial charge in [-0.1, -0.05) is 29.8 Å². The zero-order valence-electron chi connectivity index (χ0n) is 12.8. The molecular weight excluding hydrogens is 280 g/mol. The largest absolute Gasteiger partial charge is 0.541 e. The first kappa shape index (κ1) is 15.8. The molecule has 0 aliphatic heterocycles. The monoisotopic (exact) mass is 297 g/mol. The van der Waals surface area contributed by atoms with E-state index in [1.165, 1.54) is 17.7 Å². The summed E-state index contributed by atoms with van der Waals surface area (Å²) in [4.78, 5) is 22.1. The number of carbonyl (C=O) groups excluding carboxylic acids is 2. The van der Waals surface area contributed by atoms with Crippen LogP contribution in [0, 0.1) is 20.8 Å². The first-order valence-corrected chi connectivity index (χ1v) is 6.93. The van der Waals surface area contributed by atoms with Crippen molar-refractivity contribution in [3.63, 3.8) is 0 Å². The van der Waals surface area contributed by atoms with Crippen LogP contribution < -0.4 is 9.84 Å². The summed E-state index contributed by atoms with van der Waals surface area (Å²) in [5, 5.41) is 10.7. The van der Waals surface area contributed by atoms with Gasteiger partial charge < -0.3 is 14.6 Å². The molecule has 2 aromatic rings. The number of hydrogen-bond donors (Lipinski definition) is 0. The van der Waals surface area contributed by atoms with Crippen molar-refractivity contribution < 1.29 is 19.4 Å². The summed E-state index contributed by atoms with van der Waals surface area (Å²) in [6.45, 7) is 5.99. The zero-order chi connectivity index (χ0) is 16.3. The maximum Gasteiger partial charge on any atom is 0.208 e. The standard InChI is InChI=1S/C18H18O4/c1-11-4-6-14(7-5-11)10-22-17-12(2)8-15(9-13(17)3)16(19)18(20)21/h4-9H,10H2,1-3H3,(H,20,21)/p-1. The van der Waals surface area contributed by atoms with Crippen LogP contribution in [-0.2, 0) is 11.4 Å². The van der Waals surface area contributed by atoms with Crippen LogP contribution in [0.25, 0.3) is 0 Å². The molecule has 0 fully saturated rings. The minimum atomic E-state index is -1.70. The quantitative estimate of drug-likeness (QED) is 0.626. The van der Waals surface area contributed by atoms with Crippen LogP contribution in [0.2, 0.25) is 0 Å². The molecule has 0 atom stereocenters. The molecule has 0 amide bonds. The molecule has 22 heavy (non-hydrogen) atoms. The normalized spacial score (nSPS) is 10.3. The summed E-state index contributed by atoms with van der Waals surface area (Å²) in [6.07, 6.45) is 0. The molecule has 0 aromatic heterocycles. The van der Waals surface area contributed by atoms with Crippen molar-refractivity contribution in [2.24, 2.45) is 0 Å². The molecule has 0 radical (unpaired) electrons. The molecule has 2 rings (SSSR count). The summed E-state index contributed by atoms with van der Waals surface area (Å²) in [5.41, 5.74) is 3.77. The van der Waals surface area contributed by atoms with E-state index in [-0.39, 0.29) is 5.56 Å². The van der Waals surface area contributed by atoms with Crippen LogP contribution in [-0.4, -0.2) is 11.8 Å². The third kappa shape index (κ3) is 3.52. The van der Waals surface area contributed by atoms with E-state index < -0.39 is 11.8 Å². The van der Waals surface area contributed by atoms with E-state index in [0.717, 1.165) is 16.7 Å². The number of Topliss-reactive ketones (excluding diaryl/α,β-unsaturated/α-hetero) is 1. The van der Waals surface area contributed by atoms with Gasteiger partial charge in [0.15, 0.2) is 0 Å². The summed E-state index contributed by atoms with van der Waals surface area (Å²) >= 11 is 0. The van der Waals surface area contributed by atoms with Gasteiger partial charge in [-0.2, -0.15) is 0 Å². The van der Waals surface area contributed by atoms with Crippen molar-refractivity contribution in [1.29, 1.82) is 0 Å². The lowest BCUT2D eigenvalue weighted by Gasteiger charge is -2.14. The van der Waals surface area contributed by atoms with Gasteiger partial charge >= 0.3 is 0 Å². The highest BCUT2D eigenvalue weighted by Gasteiger charge is 2.12.